The number of rotatable bonds is 6. The molecule has 2 rings (SSSR count). The van der Waals surface area contributed by atoms with Gasteiger partial charge in [-0.05, 0) is 31.1 Å². The van der Waals surface area contributed by atoms with Crippen molar-refractivity contribution in [2.45, 2.75) is 84.2 Å². The van der Waals surface area contributed by atoms with Gasteiger partial charge in [-0.1, -0.05) is 53.4 Å². The predicted molar refractivity (Wildman–Crippen MR) is 88.1 cm³/mol. The van der Waals surface area contributed by atoms with Gasteiger partial charge in [0.25, 0.3) is 0 Å². The molecule has 1 N–H and O–H groups in total. The Hall–Kier alpha value is -0.0800. The van der Waals surface area contributed by atoms with Crippen LogP contribution in [0.5, 0.6) is 0 Å². The van der Waals surface area contributed by atoms with Crippen molar-refractivity contribution < 1.29 is 0 Å². The summed E-state index contributed by atoms with van der Waals surface area (Å²) in [6.07, 6.45) is 9.69. The SMILES string of the molecule is CCC(CC)CN1CC2(CCCC2)NCC1CC(C)C. The first-order chi connectivity index (χ1) is 9.58. The molecule has 1 heterocycles. The predicted octanol–water partition coefficient (Wildman–Crippen LogP) is 4.06. The second-order valence-corrected chi connectivity index (χ2v) is 7.76. The molecule has 118 valence electrons. The van der Waals surface area contributed by atoms with Crippen LogP contribution in [0.2, 0.25) is 0 Å². The second kappa shape index (κ2) is 7.26. The molecule has 2 nitrogen and oxygen atoms in total. The van der Waals surface area contributed by atoms with Crippen molar-refractivity contribution in [1.29, 1.82) is 0 Å². The summed E-state index contributed by atoms with van der Waals surface area (Å²) in [7, 11) is 0. The molecule has 0 bridgehead atoms. The molecule has 20 heavy (non-hydrogen) atoms. The minimum Gasteiger partial charge on any atom is -0.308 e. The van der Waals surface area contributed by atoms with Gasteiger partial charge in [0.05, 0.1) is 0 Å². The minimum absolute atomic E-state index is 0.472. The van der Waals surface area contributed by atoms with Crippen molar-refractivity contribution in [3.63, 3.8) is 0 Å². The van der Waals surface area contributed by atoms with Gasteiger partial charge in [0.15, 0.2) is 0 Å². The Bertz CT molecular complexity index is 277. The molecule has 1 aliphatic heterocycles. The number of hydrogen-bond acceptors (Lipinski definition) is 2. The number of hydrogen-bond donors (Lipinski definition) is 1. The fraction of sp³-hybridized carbons (Fsp3) is 1.00. The molecular formula is C18H36N2. The molecule has 2 heteroatoms. The van der Waals surface area contributed by atoms with E-state index in [1.54, 1.807) is 0 Å². The van der Waals surface area contributed by atoms with Gasteiger partial charge in [0.1, 0.15) is 0 Å². The van der Waals surface area contributed by atoms with Crippen LogP contribution in [0, 0.1) is 11.8 Å². The van der Waals surface area contributed by atoms with E-state index in [0.29, 0.717) is 5.54 Å². The van der Waals surface area contributed by atoms with Gasteiger partial charge in [-0.3, -0.25) is 4.90 Å². The van der Waals surface area contributed by atoms with E-state index in [0.717, 1.165) is 17.9 Å². The maximum Gasteiger partial charge on any atom is 0.0309 e. The van der Waals surface area contributed by atoms with Gasteiger partial charge in [0.2, 0.25) is 0 Å². The van der Waals surface area contributed by atoms with Crippen LogP contribution in [0.25, 0.3) is 0 Å². The van der Waals surface area contributed by atoms with E-state index >= 15 is 0 Å². The van der Waals surface area contributed by atoms with E-state index < -0.39 is 0 Å². The summed E-state index contributed by atoms with van der Waals surface area (Å²) >= 11 is 0. The normalized spacial score (nSPS) is 27.0. The lowest BCUT2D eigenvalue weighted by Gasteiger charge is -2.48. The molecule has 0 aromatic rings. The Balaban J connectivity index is 2.01. The highest BCUT2D eigenvalue weighted by Crippen LogP contribution is 2.34. The fourth-order valence-corrected chi connectivity index (χ4v) is 4.29. The Morgan fingerprint density at radius 3 is 2.35 bits per heavy atom. The average Bonchev–Trinajstić information content (AvgIpc) is 2.87. The molecule has 0 amide bonds. The summed E-state index contributed by atoms with van der Waals surface area (Å²) in [5.74, 6) is 1.70. The van der Waals surface area contributed by atoms with Crippen molar-refractivity contribution in [3.05, 3.63) is 0 Å². The summed E-state index contributed by atoms with van der Waals surface area (Å²) in [4.78, 5) is 2.86. The second-order valence-electron chi connectivity index (χ2n) is 7.76. The number of piperazine rings is 1. The highest BCUT2D eigenvalue weighted by molar-refractivity contribution is 5.01. The van der Waals surface area contributed by atoms with E-state index in [1.807, 2.05) is 0 Å². The molecule has 1 atom stereocenters. The molecule has 1 aliphatic carbocycles. The standard InChI is InChI=1S/C18H36N2/c1-5-16(6-2)13-20-14-18(9-7-8-10-18)19-12-17(20)11-15(3)4/h15-17,19H,5-14H2,1-4H3. The molecule has 0 aromatic heterocycles. The first-order valence-corrected chi connectivity index (χ1v) is 9.07. The van der Waals surface area contributed by atoms with Gasteiger partial charge < -0.3 is 5.32 Å². The van der Waals surface area contributed by atoms with Gasteiger partial charge >= 0.3 is 0 Å². The highest BCUT2D eigenvalue weighted by Gasteiger charge is 2.41. The lowest BCUT2D eigenvalue weighted by atomic mass is 9.88. The smallest absolute Gasteiger partial charge is 0.0309 e. The van der Waals surface area contributed by atoms with Crippen LogP contribution in [0.3, 0.4) is 0 Å². The highest BCUT2D eigenvalue weighted by atomic mass is 15.3. The van der Waals surface area contributed by atoms with Crippen molar-refractivity contribution in [2.75, 3.05) is 19.6 Å². The Morgan fingerprint density at radius 2 is 1.80 bits per heavy atom. The third-order valence-electron chi connectivity index (χ3n) is 5.69. The van der Waals surface area contributed by atoms with Crippen LogP contribution in [0.15, 0.2) is 0 Å². The van der Waals surface area contributed by atoms with E-state index in [4.69, 9.17) is 0 Å². The summed E-state index contributed by atoms with van der Waals surface area (Å²) in [5.41, 5.74) is 0.472. The van der Waals surface area contributed by atoms with Crippen LogP contribution in [-0.4, -0.2) is 36.1 Å². The van der Waals surface area contributed by atoms with Crippen molar-refractivity contribution in [2.24, 2.45) is 11.8 Å². The zero-order valence-electron chi connectivity index (χ0n) is 14.3. The van der Waals surface area contributed by atoms with Gasteiger partial charge in [-0.2, -0.15) is 0 Å². The van der Waals surface area contributed by atoms with E-state index in [1.165, 1.54) is 64.6 Å². The van der Waals surface area contributed by atoms with Crippen molar-refractivity contribution >= 4 is 0 Å². The van der Waals surface area contributed by atoms with Crippen molar-refractivity contribution in [3.8, 4) is 0 Å². The zero-order valence-corrected chi connectivity index (χ0v) is 14.3. The topological polar surface area (TPSA) is 15.3 Å². The quantitative estimate of drug-likeness (QED) is 0.789. The van der Waals surface area contributed by atoms with E-state index in [9.17, 15) is 0 Å². The minimum atomic E-state index is 0.472. The number of nitrogens with zero attached hydrogens (tertiary/aromatic N) is 1. The van der Waals surface area contributed by atoms with Crippen LogP contribution < -0.4 is 5.32 Å². The zero-order chi connectivity index (χ0) is 14.6. The van der Waals surface area contributed by atoms with Gasteiger partial charge in [-0.15, -0.1) is 0 Å². The van der Waals surface area contributed by atoms with Gasteiger partial charge in [-0.25, -0.2) is 0 Å². The van der Waals surface area contributed by atoms with Crippen LogP contribution >= 0.6 is 0 Å². The summed E-state index contributed by atoms with van der Waals surface area (Å²) < 4.78 is 0. The monoisotopic (exact) mass is 280 g/mol. The summed E-state index contributed by atoms with van der Waals surface area (Å²) in [6.45, 7) is 13.3. The third kappa shape index (κ3) is 3.98. The molecule has 1 unspecified atom stereocenters. The van der Waals surface area contributed by atoms with E-state index in [2.05, 4.69) is 37.9 Å². The largest absolute Gasteiger partial charge is 0.308 e. The molecule has 1 saturated carbocycles. The Kier molecular flexibility index (Phi) is 5.92. The van der Waals surface area contributed by atoms with Crippen LogP contribution in [0.1, 0.15) is 72.6 Å². The third-order valence-corrected chi connectivity index (χ3v) is 5.69. The molecule has 0 radical (unpaired) electrons. The first kappa shape index (κ1) is 16.3. The maximum absolute atomic E-state index is 3.95. The molecule has 1 saturated heterocycles. The van der Waals surface area contributed by atoms with E-state index in [-0.39, 0.29) is 0 Å². The molecule has 0 aromatic carbocycles. The number of nitrogens with one attached hydrogen (secondary N) is 1. The first-order valence-electron chi connectivity index (χ1n) is 9.07. The molecule has 2 aliphatic rings. The summed E-state index contributed by atoms with van der Waals surface area (Å²) in [6, 6.07) is 0.766. The van der Waals surface area contributed by atoms with Crippen LogP contribution in [-0.2, 0) is 0 Å². The fourth-order valence-electron chi connectivity index (χ4n) is 4.29. The Morgan fingerprint density at radius 1 is 1.15 bits per heavy atom. The lowest BCUT2D eigenvalue weighted by molar-refractivity contribution is 0.0546. The Labute approximate surface area is 126 Å². The average molecular weight is 280 g/mol. The van der Waals surface area contributed by atoms with Crippen molar-refractivity contribution in [1.82, 2.24) is 10.2 Å². The maximum atomic E-state index is 3.95. The molecule has 1 spiro atoms. The summed E-state index contributed by atoms with van der Waals surface area (Å²) in [5, 5.41) is 3.95. The van der Waals surface area contributed by atoms with Gasteiger partial charge in [0, 0.05) is 31.2 Å². The molecular weight excluding hydrogens is 244 g/mol. The van der Waals surface area contributed by atoms with Crippen LogP contribution in [0.4, 0.5) is 0 Å². The lowest BCUT2D eigenvalue weighted by Crippen LogP contribution is -2.63. The molecule has 2 fully saturated rings.